The third-order valence-corrected chi connectivity index (χ3v) is 1.69. The van der Waals surface area contributed by atoms with Crippen molar-refractivity contribution in [1.82, 2.24) is 0 Å². The van der Waals surface area contributed by atoms with Gasteiger partial charge in [0.15, 0.2) is 0 Å². The highest BCUT2D eigenvalue weighted by Crippen LogP contribution is 2.34. The average Bonchev–Trinajstić information content (AvgIpc) is 2.64. The number of methoxy groups -OCH3 is 1. The van der Waals surface area contributed by atoms with Crippen LogP contribution in [-0.2, 0) is 9.47 Å². The van der Waals surface area contributed by atoms with Crippen LogP contribution in [0.15, 0.2) is 0 Å². The molecule has 1 aliphatic rings. The van der Waals surface area contributed by atoms with Gasteiger partial charge in [0, 0.05) is 7.11 Å². The first-order valence-electron chi connectivity index (χ1n) is 3.28. The van der Waals surface area contributed by atoms with Gasteiger partial charge in [-0.25, -0.2) is 0 Å². The zero-order valence-corrected chi connectivity index (χ0v) is 5.80. The molecular weight excluding hydrogens is 116 g/mol. The lowest BCUT2D eigenvalue weighted by Gasteiger charge is -2.11. The number of hydrogen-bond donors (Lipinski definition) is 0. The van der Waals surface area contributed by atoms with Gasteiger partial charge in [-0.15, -0.1) is 0 Å². The van der Waals surface area contributed by atoms with Gasteiger partial charge in [-0.3, -0.25) is 0 Å². The molecule has 1 atom stereocenters. The summed E-state index contributed by atoms with van der Waals surface area (Å²) in [6, 6.07) is 0. The van der Waals surface area contributed by atoms with Gasteiger partial charge in [0.2, 0.25) is 0 Å². The summed E-state index contributed by atoms with van der Waals surface area (Å²) in [7, 11) is 5.07. The third kappa shape index (κ3) is 1.95. The zero-order valence-electron chi connectivity index (χ0n) is 5.80. The molecule has 2 heteroatoms. The molecule has 1 radical (unpaired) electrons. The van der Waals surface area contributed by atoms with E-state index < -0.39 is 0 Å². The lowest BCUT2D eigenvalue weighted by molar-refractivity contribution is 0.0346. The van der Waals surface area contributed by atoms with E-state index in [4.69, 9.17) is 9.47 Å². The Morgan fingerprint density at radius 2 is 2.33 bits per heavy atom. The number of ether oxygens (including phenoxy) is 2. The second kappa shape index (κ2) is 3.18. The maximum atomic E-state index is 4.94. The zero-order chi connectivity index (χ0) is 6.69. The standard InChI is InChI=1S/C7H13O2/c1-8-5-7(9-2)6-3-4-6/h6-7H,2-5H2,1H3. The summed E-state index contributed by atoms with van der Waals surface area (Å²) in [5.41, 5.74) is 0. The largest absolute Gasteiger partial charge is 0.382 e. The highest BCUT2D eigenvalue weighted by atomic mass is 16.5. The van der Waals surface area contributed by atoms with Crippen molar-refractivity contribution >= 4 is 0 Å². The Kier molecular flexibility index (Phi) is 2.49. The summed E-state index contributed by atoms with van der Waals surface area (Å²) in [4.78, 5) is 0. The fourth-order valence-corrected chi connectivity index (χ4v) is 0.953. The topological polar surface area (TPSA) is 18.5 Å². The highest BCUT2D eigenvalue weighted by Gasteiger charge is 2.30. The minimum atomic E-state index is 0.245. The smallest absolute Gasteiger partial charge is 0.0837 e. The molecular formula is C7H13O2. The van der Waals surface area contributed by atoms with Crippen molar-refractivity contribution < 1.29 is 9.47 Å². The first-order valence-corrected chi connectivity index (χ1v) is 3.28. The van der Waals surface area contributed by atoms with Gasteiger partial charge < -0.3 is 9.47 Å². The van der Waals surface area contributed by atoms with Gasteiger partial charge in [-0.2, -0.15) is 0 Å². The molecule has 0 saturated heterocycles. The van der Waals surface area contributed by atoms with Crippen LogP contribution < -0.4 is 0 Å². The predicted molar refractivity (Wildman–Crippen MR) is 34.8 cm³/mol. The molecule has 0 amide bonds. The maximum absolute atomic E-state index is 4.94. The molecule has 0 spiro atoms. The Morgan fingerprint density at radius 1 is 1.67 bits per heavy atom. The van der Waals surface area contributed by atoms with E-state index in [1.165, 1.54) is 12.8 Å². The first kappa shape index (κ1) is 7.03. The number of rotatable bonds is 4. The normalized spacial score (nSPS) is 22.0. The van der Waals surface area contributed by atoms with Crippen molar-refractivity contribution in [3.63, 3.8) is 0 Å². The summed E-state index contributed by atoms with van der Waals surface area (Å²) in [6.45, 7) is 0.689. The Hall–Kier alpha value is -0.0800. The molecule has 0 bridgehead atoms. The molecule has 1 fully saturated rings. The van der Waals surface area contributed by atoms with Crippen molar-refractivity contribution in [3.05, 3.63) is 7.11 Å². The lowest BCUT2D eigenvalue weighted by Crippen LogP contribution is -2.18. The van der Waals surface area contributed by atoms with Crippen LogP contribution in [0.1, 0.15) is 12.8 Å². The quantitative estimate of drug-likeness (QED) is 0.568. The molecule has 0 aliphatic heterocycles. The molecule has 0 aromatic heterocycles. The molecule has 1 saturated carbocycles. The molecule has 1 aliphatic carbocycles. The summed E-state index contributed by atoms with van der Waals surface area (Å²) in [6.07, 6.45) is 2.81. The molecule has 0 heterocycles. The summed E-state index contributed by atoms with van der Waals surface area (Å²) in [5.74, 6) is 0.724. The maximum Gasteiger partial charge on any atom is 0.0837 e. The van der Waals surface area contributed by atoms with Crippen LogP contribution in [0.4, 0.5) is 0 Å². The Labute approximate surface area is 56.2 Å². The summed E-state index contributed by atoms with van der Waals surface area (Å²) in [5, 5.41) is 0. The van der Waals surface area contributed by atoms with E-state index in [1.807, 2.05) is 0 Å². The minimum absolute atomic E-state index is 0.245. The van der Waals surface area contributed by atoms with E-state index in [-0.39, 0.29) is 6.10 Å². The monoisotopic (exact) mass is 129 g/mol. The average molecular weight is 129 g/mol. The fraction of sp³-hybridized carbons (Fsp3) is 0.857. The molecule has 0 N–H and O–H groups in total. The van der Waals surface area contributed by atoms with Crippen LogP contribution in [-0.4, -0.2) is 19.8 Å². The fourth-order valence-electron chi connectivity index (χ4n) is 0.953. The molecule has 9 heavy (non-hydrogen) atoms. The molecule has 1 rings (SSSR count). The molecule has 0 aromatic rings. The molecule has 53 valence electrons. The van der Waals surface area contributed by atoms with E-state index >= 15 is 0 Å². The van der Waals surface area contributed by atoms with Crippen LogP contribution in [0.25, 0.3) is 0 Å². The van der Waals surface area contributed by atoms with Crippen molar-refractivity contribution in [2.24, 2.45) is 5.92 Å². The van der Waals surface area contributed by atoms with Gasteiger partial charge in [0.25, 0.3) is 0 Å². The van der Waals surface area contributed by atoms with Crippen LogP contribution in [0, 0.1) is 13.0 Å². The first-order chi connectivity index (χ1) is 4.38. The van der Waals surface area contributed by atoms with Crippen LogP contribution in [0.3, 0.4) is 0 Å². The summed E-state index contributed by atoms with van der Waals surface area (Å²) >= 11 is 0. The van der Waals surface area contributed by atoms with Crippen molar-refractivity contribution in [1.29, 1.82) is 0 Å². The lowest BCUT2D eigenvalue weighted by atomic mass is 10.2. The van der Waals surface area contributed by atoms with Crippen LogP contribution in [0.2, 0.25) is 0 Å². The van der Waals surface area contributed by atoms with E-state index in [9.17, 15) is 0 Å². The van der Waals surface area contributed by atoms with Crippen LogP contribution in [0.5, 0.6) is 0 Å². The van der Waals surface area contributed by atoms with Gasteiger partial charge in [0.1, 0.15) is 0 Å². The predicted octanol–water partition coefficient (Wildman–Crippen LogP) is 1.22. The van der Waals surface area contributed by atoms with E-state index in [2.05, 4.69) is 7.11 Å². The summed E-state index contributed by atoms with van der Waals surface area (Å²) < 4.78 is 9.87. The van der Waals surface area contributed by atoms with Gasteiger partial charge in [0.05, 0.1) is 19.8 Å². The van der Waals surface area contributed by atoms with E-state index in [0.717, 1.165) is 5.92 Å². The number of hydrogen-bond acceptors (Lipinski definition) is 2. The molecule has 2 nitrogen and oxygen atoms in total. The van der Waals surface area contributed by atoms with Crippen molar-refractivity contribution in [3.8, 4) is 0 Å². The SMILES string of the molecule is [CH2]OC(COC)C1CC1. The minimum Gasteiger partial charge on any atom is -0.382 e. The van der Waals surface area contributed by atoms with E-state index in [1.54, 1.807) is 7.11 Å². The Bertz CT molecular complexity index is 79.0. The van der Waals surface area contributed by atoms with Crippen molar-refractivity contribution in [2.75, 3.05) is 13.7 Å². The van der Waals surface area contributed by atoms with Gasteiger partial charge in [-0.1, -0.05) is 0 Å². The van der Waals surface area contributed by atoms with E-state index in [0.29, 0.717) is 6.61 Å². The highest BCUT2D eigenvalue weighted by molar-refractivity contribution is 4.81. The van der Waals surface area contributed by atoms with Gasteiger partial charge >= 0.3 is 0 Å². The molecule has 0 aromatic carbocycles. The molecule has 1 unspecified atom stereocenters. The second-order valence-electron chi connectivity index (χ2n) is 2.50. The Morgan fingerprint density at radius 3 is 2.67 bits per heavy atom. The van der Waals surface area contributed by atoms with Gasteiger partial charge in [-0.05, 0) is 18.8 Å². The van der Waals surface area contributed by atoms with Crippen LogP contribution >= 0.6 is 0 Å². The Balaban J connectivity index is 2.12. The van der Waals surface area contributed by atoms with Crippen molar-refractivity contribution in [2.45, 2.75) is 18.9 Å². The second-order valence-corrected chi connectivity index (χ2v) is 2.50. The third-order valence-electron chi connectivity index (χ3n) is 1.69.